The third kappa shape index (κ3) is 9.58. The van der Waals surface area contributed by atoms with Crippen molar-refractivity contribution in [2.75, 3.05) is 34.2 Å². The number of nitrogens with one attached hydrogen (secondary N) is 1. The standard InChI is InChI=1S/C17H34N2O.C2H6/c1-18-13-15-11-9-7-5-4-6-8-10-12-16(17(15)20)14-19(2)3;1-2/h15-16,18H,4-14H2,1-3H3;1-2H3. The zero-order chi connectivity index (χ0) is 16.8. The van der Waals surface area contributed by atoms with Crippen LogP contribution in [0.4, 0.5) is 0 Å². The normalized spacial score (nSPS) is 24.9. The molecule has 2 unspecified atom stereocenters. The first kappa shape index (κ1) is 21.6. The fourth-order valence-corrected chi connectivity index (χ4v) is 3.35. The number of carbonyl (C=O) groups excluding carboxylic acids is 1. The summed E-state index contributed by atoms with van der Waals surface area (Å²) in [6.45, 7) is 5.77. The maximum Gasteiger partial charge on any atom is 0.141 e. The van der Waals surface area contributed by atoms with E-state index in [0.717, 1.165) is 25.9 Å². The van der Waals surface area contributed by atoms with Crippen LogP contribution in [0, 0.1) is 11.8 Å². The van der Waals surface area contributed by atoms with Crippen LogP contribution >= 0.6 is 0 Å². The van der Waals surface area contributed by atoms with Gasteiger partial charge in [-0.2, -0.15) is 0 Å². The number of ketones is 1. The Kier molecular flexibility index (Phi) is 13.9. The van der Waals surface area contributed by atoms with Crippen LogP contribution < -0.4 is 5.32 Å². The van der Waals surface area contributed by atoms with E-state index in [-0.39, 0.29) is 11.8 Å². The van der Waals surface area contributed by atoms with Crippen LogP contribution in [0.25, 0.3) is 0 Å². The smallest absolute Gasteiger partial charge is 0.141 e. The lowest BCUT2D eigenvalue weighted by Crippen LogP contribution is -2.36. The predicted octanol–water partition coefficient (Wildman–Crippen LogP) is 4.12. The summed E-state index contributed by atoms with van der Waals surface area (Å²) in [7, 11) is 6.12. The van der Waals surface area contributed by atoms with Crippen molar-refractivity contribution >= 4 is 5.78 Å². The largest absolute Gasteiger partial charge is 0.319 e. The van der Waals surface area contributed by atoms with Crippen LogP contribution in [0.2, 0.25) is 0 Å². The topological polar surface area (TPSA) is 32.3 Å². The molecule has 1 aliphatic carbocycles. The lowest BCUT2D eigenvalue weighted by molar-refractivity contribution is -0.127. The molecule has 0 saturated heterocycles. The van der Waals surface area contributed by atoms with Crippen molar-refractivity contribution in [2.24, 2.45) is 11.8 Å². The van der Waals surface area contributed by atoms with Crippen LogP contribution in [0.1, 0.15) is 71.6 Å². The van der Waals surface area contributed by atoms with E-state index < -0.39 is 0 Å². The van der Waals surface area contributed by atoms with E-state index in [1.807, 2.05) is 20.9 Å². The van der Waals surface area contributed by atoms with Crippen molar-refractivity contribution < 1.29 is 4.79 Å². The first-order valence-electron chi connectivity index (χ1n) is 9.48. The van der Waals surface area contributed by atoms with Gasteiger partial charge in [0.05, 0.1) is 0 Å². The van der Waals surface area contributed by atoms with E-state index in [9.17, 15) is 4.79 Å². The van der Waals surface area contributed by atoms with Gasteiger partial charge in [0.15, 0.2) is 0 Å². The maximum absolute atomic E-state index is 12.8. The van der Waals surface area contributed by atoms with Gasteiger partial charge in [0.1, 0.15) is 5.78 Å². The average molecular weight is 313 g/mol. The molecule has 0 amide bonds. The van der Waals surface area contributed by atoms with E-state index in [4.69, 9.17) is 0 Å². The first-order chi connectivity index (χ1) is 10.6. The molecule has 0 radical (unpaired) electrons. The summed E-state index contributed by atoms with van der Waals surface area (Å²) in [5.74, 6) is 0.973. The second-order valence-electron chi connectivity index (χ2n) is 6.67. The summed E-state index contributed by atoms with van der Waals surface area (Å²) < 4.78 is 0. The van der Waals surface area contributed by atoms with Gasteiger partial charge in [-0.25, -0.2) is 0 Å². The van der Waals surface area contributed by atoms with Gasteiger partial charge in [0.25, 0.3) is 0 Å². The van der Waals surface area contributed by atoms with Crippen LogP contribution in [-0.2, 0) is 4.79 Å². The van der Waals surface area contributed by atoms with Gasteiger partial charge in [-0.3, -0.25) is 4.79 Å². The minimum absolute atomic E-state index is 0.226. The Labute approximate surface area is 139 Å². The quantitative estimate of drug-likeness (QED) is 0.847. The van der Waals surface area contributed by atoms with Crippen LogP contribution in [0.15, 0.2) is 0 Å². The van der Waals surface area contributed by atoms with Crippen molar-refractivity contribution in [1.29, 1.82) is 0 Å². The molecule has 0 aliphatic heterocycles. The highest BCUT2D eigenvalue weighted by Gasteiger charge is 2.26. The molecule has 3 nitrogen and oxygen atoms in total. The van der Waals surface area contributed by atoms with Gasteiger partial charge in [-0.1, -0.05) is 58.8 Å². The molecule has 1 rings (SSSR count). The Morgan fingerprint density at radius 1 is 0.909 bits per heavy atom. The molecule has 2 atom stereocenters. The Hall–Kier alpha value is -0.410. The van der Waals surface area contributed by atoms with Crippen molar-refractivity contribution in [1.82, 2.24) is 10.2 Å². The number of rotatable bonds is 4. The molecular formula is C19H40N2O. The van der Waals surface area contributed by atoms with Crippen molar-refractivity contribution in [3.8, 4) is 0 Å². The number of carbonyl (C=O) groups is 1. The van der Waals surface area contributed by atoms with E-state index >= 15 is 0 Å². The highest BCUT2D eigenvalue weighted by molar-refractivity contribution is 5.83. The summed E-state index contributed by atoms with van der Waals surface area (Å²) in [6.07, 6.45) is 11.3. The molecule has 22 heavy (non-hydrogen) atoms. The van der Waals surface area contributed by atoms with Gasteiger partial charge in [-0.05, 0) is 34.0 Å². The highest BCUT2D eigenvalue weighted by Crippen LogP contribution is 2.22. The molecule has 1 fully saturated rings. The zero-order valence-corrected chi connectivity index (χ0v) is 15.8. The van der Waals surface area contributed by atoms with Gasteiger partial charge in [0, 0.05) is 24.9 Å². The van der Waals surface area contributed by atoms with Crippen LogP contribution in [0.3, 0.4) is 0 Å². The lowest BCUT2D eigenvalue weighted by Gasteiger charge is -2.25. The molecule has 0 aromatic rings. The van der Waals surface area contributed by atoms with Crippen molar-refractivity contribution in [3.05, 3.63) is 0 Å². The molecule has 1 saturated carbocycles. The Balaban J connectivity index is 0.00000211. The Morgan fingerprint density at radius 2 is 1.36 bits per heavy atom. The second kappa shape index (κ2) is 14.2. The molecule has 0 heterocycles. The van der Waals surface area contributed by atoms with Gasteiger partial charge < -0.3 is 10.2 Å². The minimum Gasteiger partial charge on any atom is -0.319 e. The fraction of sp³-hybridized carbons (Fsp3) is 0.947. The van der Waals surface area contributed by atoms with Crippen molar-refractivity contribution in [2.45, 2.75) is 71.6 Å². The number of hydrogen-bond acceptors (Lipinski definition) is 3. The summed E-state index contributed by atoms with van der Waals surface area (Å²) in [5, 5.41) is 3.22. The Bertz CT molecular complexity index is 266. The van der Waals surface area contributed by atoms with Crippen LogP contribution in [-0.4, -0.2) is 44.9 Å². The Morgan fingerprint density at radius 3 is 1.82 bits per heavy atom. The molecule has 0 aromatic carbocycles. The van der Waals surface area contributed by atoms with Crippen LogP contribution in [0.5, 0.6) is 0 Å². The summed E-state index contributed by atoms with van der Waals surface area (Å²) in [4.78, 5) is 15.0. The molecule has 1 aliphatic rings. The number of hydrogen-bond donors (Lipinski definition) is 1. The van der Waals surface area contributed by atoms with Crippen molar-refractivity contribution in [3.63, 3.8) is 0 Å². The van der Waals surface area contributed by atoms with E-state index in [0.29, 0.717) is 5.78 Å². The number of nitrogens with zero attached hydrogens (tertiary/aromatic N) is 1. The predicted molar refractivity (Wildman–Crippen MR) is 97.4 cm³/mol. The highest BCUT2D eigenvalue weighted by atomic mass is 16.1. The maximum atomic E-state index is 12.8. The molecule has 3 heteroatoms. The molecular weight excluding hydrogens is 272 g/mol. The number of Topliss-reactive ketones (excluding diaryl/α,β-unsaturated/α-hetero) is 1. The summed E-state index contributed by atoms with van der Waals surface area (Å²) in [5.41, 5.74) is 0. The second-order valence-corrected chi connectivity index (χ2v) is 6.67. The zero-order valence-electron chi connectivity index (χ0n) is 15.8. The third-order valence-corrected chi connectivity index (χ3v) is 4.45. The molecule has 132 valence electrons. The first-order valence-corrected chi connectivity index (χ1v) is 9.48. The van der Waals surface area contributed by atoms with Gasteiger partial charge in [0.2, 0.25) is 0 Å². The van der Waals surface area contributed by atoms with E-state index in [1.165, 1.54) is 44.9 Å². The third-order valence-electron chi connectivity index (χ3n) is 4.45. The SMILES string of the molecule is CC.CNCC1CCCCCCCCCC(CN(C)C)C1=O. The fourth-order valence-electron chi connectivity index (χ4n) is 3.35. The van der Waals surface area contributed by atoms with Gasteiger partial charge >= 0.3 is 0 Å². The molecule has 0 bridgehead atoms. The molecule has 0 aromatic heterocycles. The minimum atomic E-state index is 0.226. The summed E-state index contributed by atoms with van der Waals surface area (Å²) >= 11 is 0. The molecule has 0 spiro atoms. The molecule has 1 N–H and O–H groups in total. The average Bonchev–Trinajstić information content (AvgIpc) is 2.50. The van der Waals surface area contributed by atoms with Gasteiger partial charge in [-0.15, -0.1) is 0 Å². The van der Waals surface area contributed by atoms with E-state index in [1.54, 1.807) is 0 Å². The monoisotopic (exact) mass is 312 g/mol. The lowest BCUT2D eigenvalue weighted by atomic mass is 9.84. The van der Waals surface area contributed by atoms with E-state index in [2.05, 4.69) is 24.3 Å². The summed E-state index contributed by atoms with van der Waals surface area (Å²) in [6, 6.07) is 0.